The van der Waals surface area contributed by atoms with Gasteiger partial charge in [0.1, 0.15) is 5.75 Å². The molecular weight excluding hydrogens is 290 g/mol. The summed E-state index contributed by atoms with van der Waals surface area (Å²) in [6.07, 6.45) is 3.96. The van der Waals surface area contributed by atoms with Crippen LogP contribution in [0.3, 0.4) is 0 Å². The lowest BCUT2D eigenvalue weighted by atomic mass is 9.95. The van der Waals surface area contributed by atoms with Crippen molar-refractivity contribution in [2.45, 2.75) is 19.5 Å². The molecular formula is C17H25N5O. The van der Waals surface area contributed by atoms with Crippen molar-refractivity contribution >= 4 is 0 Å². The highest BCUT2D eigenvalue weighted by molar-refractivity contribution is 5.30. The van der Waals surface area contributed by atoms with Gasteiger partial charge in [-0.15, -0.1) is 0 Å². The second kappa shape index (κ2) is 7.59. The van der Waals surface area contributed by atoms with Crippen molar-refractivity contribution in [3.63, 3.8) is 0 Å². The molecule has 6 heteroatoms. The van der Waals surface area contributed by atoms with Gasteiger partial charge in [-0.3, -0.25) is 10.1 Å². The van der Waals surface area contributed by atoms with E-state index in [0.717, 1.165) is 31.9 Å². The Labute approximate surface area is 137 Å². The van der Waals surface area contributed by atoms with Gasteiger partial charge in [0.25, 0.3) is 0 Å². The molecule has 0 saturated carbocycles. The molecule has 1 aromatic heterocycles. The Morgan fingerprint density at radius 2 is 2.17 bits per heavy atom. The van der Waals surface area contributed by atoms with Gasteiger partial charge in [0, 0.05) is 31.7 Å². The molecule has 0 spiro atoms. The Hall–Kier alpha value is -1.89. The fraction of sp³-hybridized carbons (Fsp3) is 0.471. The highest BCUT2D eigenvalue weighted by Crippen LogP contribution is 2.25. The van der Waals surface area contributed by atoms with Crippen molar-refractivity contribution in [1.29, 1.82) is 0 Å². The van der Waals surface area contributed by atoms with E-state index in [1.807, 2.05) is 23.0 Å². The number of nitrogens with zero attached hydrogens (tertiary/aromatic N) is 2. The number of nitrogens with one attached hydrogen (secondary N) is 3. The maximum Gasteiger partial charge on any atom is 0.118 e. The molecule has 23 heavy (non-hydrogen) atoms. The van der Waals surface area contributed by atoms with Crippen LogP contribution in [0.5, 0.6) is 5.75 Å². The van der Waals surface area contributed by atoms with Crippen molar-refractivity contribution in [2.75, 3.05) is 26.7 Å². The molecule has 1 fully saturated rings. The summed E-state index contributed by atoms with van der Waals surface area (Å²) in [5.41, 5.74) is 9.13. The molecule has 0 radical (unpaired) electrons. The topological polar surface area (TPSA) is 63.1 Å². The largest absolute Gasteiger partial charge is 0.497 e. The minimum atomic E-state index is 0.320. The minimum absolute atomic E-state index is 0.320. The maximum absolute atomic E-state index is 5.23. The fourth-order valence-electron chi connectivity index (χ4n) is 2.96. The van der Waals surface area contributed by atoms with Gasteiger partial charge in [0.15, 0.2) is 0 Å². The first-order valence-corrected chi connectivity index (χ1v) is 8.08. The van der Waals surface area contributed by atoms with Gasteiger partial charge >= 0.3 is 0 Å². The number of hydrogen-bond acceptors (Lipinski definition) is 5. The molecule has 3 rings (SSSR count). The predicted molar refractivity (Wildman–Crippen MR) is 90.2 cm³/mol. The number of aromatic nitrogens is 2. The number of ether oxygens (including phenoxy) is 1. The number of hydrogen-bond donors (Lipinski definition) is 3. The van der Waals surface area contributed by atoms with E-state index in [1.165, 1.54) is 11.1 Å². The summed E-state index contributed by atoms with van der Waals surface area (Å²) in [5, 5.41) is 7.85. The molecule has 1 aliphatic rings. The molecule has 124 valence electrons. The van der Waals surface area contributed by atoms with Gasteiger partial charge in [-0.05, 0) is 30.2 Å². The highest BCUT2D eigenvalue weighted by atomic mass is 16.5. The van der Waals surface area contributed by atoms with Crippen LogP contribution in [0, 0.1) is 12.8 Å². The molecule has 1 saturated heterocycles. The zero-order chi connectivity index (χ0) is 16.1. The van der Waals surface area contributed by atoms with Crippen molar-refractivity contribution in [1.82, 2.24) is 25.9 Å². The molecule has 6 nitrogen and oxygen atoms in total. The molecule has 2 unspecified atom stereocenters. The third-order valence-electron chi connectivity index (χ3n) is 4.25. The van der Waals surface area contributed by atoms with Crippen molar-refractivity contribution in [2.24, 2.45) is 5.92 Å². The van der Waals surface area contributed by atoms with Crippen LogP contribution in [0.15, 0.2) is 36.7 Å². The number of hydrazine groups is 1. The van der Waals surface area contributed by atoms with E-state index in [9.17, 15) is 0 Å². The Balaban J connectivity index is 1.48. The zero-order valence-corrected chi connectivity index (χ0v) is 13.7. The number of benzene rings is 1. The van der Waals surface area contributed by atoms with E-state index in [0.29, 0.717) is 12.0 Å². The number of methoxy groups -OCH3 is 1. The normalized spacial score (nSPS) is 20.8. The summed E-state index contributed by atoms with van der Waals surface area (Å²) in [7, 11) is 1.69. The summed E-state index contributed by atoms with van der Waals surface area (Å²) in [6.45, 7) is 5.81. The van der Waals surface area contributed by atoms with Crippen LogP contribution in [0.2, 0.25) is 0 Å². The first-order chi connectivity index (χ1) is 11.3. The molecule has 2 atom stereocenters. The first-order valence-electron chi connectivity index (χ1n) is 8.08. The lowest BCUT2D eigenvalue weighted by molar-refractivity contribution is 0.412. The third-order valence-corrected chi connectivity index (χ3v) is 4.25. The fourth-order valence-corrected chi connectivity index (χ4v) is 2.96. The van der Waals surface area contributed by atoms with Gasteiger partial charge in [0.05, 0.1) is 25.9 Å². The molecule has 0 bridgehead atoms. The van der Waals surface area contributed by atoms with E-state index in [1.54, 1.807) is 7.11 Å². The summed E-state index contributed by atoms with van der Waals surface area (Å²) in [4.78, 5) is 0. The smallest absolute Gasteiger partial charge is 0.118 e. The minimum Gasteiger partial charge on any atom is -0.497 e. The van der Waals surface area contributed by atoms with Gasteiger partial charge in [-0.25, -0.2) is 5.43 Å². The van der Waals surface area contributed by atoms with Crippen LogP contribution in [0.1, 0.15) is 17.2 Å². The molecule has 2 aromatic rings. The first kappa shape index (κ1) is 16.0. The van der Waals surface area contributed by atoms with E-state index in [-0.39, 0.29) is 0 Å². The number of rotatable bonds is 7. The van der Waals surface area contributed by atoms with E-state index < -0.39 is 0 Å². The van der Waals surface area contributed by atoms with E-state index >= 15 is 0 Å². The average molecular weight is 315 g/mol. The van der Waals surface area contributed by atoms with E-state index in [4.69, 9.17) is 4.74 Å². The molecule has 0 aliphatic carbocycles. The lowest BCUT2D eigenvalue weighted by Crippen LogP contribution is -2.30. The lowest BCUT2D eigenvalue weighted by Gasteiger charge is -2.19. The third kappa shape index (κ3) is 4.10. The molecule has 2 heterocycles. The van der Waals surface area contributed by atoms with Gasteiger partial charge in [0.2, 0.25) is 0 Å². The SMILES string of the molecule is COc1ccc(C2NNCC2CNCCn2cc(C)cn2)cc1. The molecule has 1 aromatic carbocycles. The second-order valence-corrected chi connectivity index (χ2v) is 6.02. The Morgan fingerprint density at radius 1 is 1.35 bits per heavy atom. The van der Waals surface area contributed by atoms with Crippen molar-refractivity contribution in [3.8, 4) is 5.75 Å². The number of aryl methyl sites for hydroxylation is 1. The Kier molecular flexibility index (Phi) is 5.27. The maximum atomic E-state index is 5.23. The summed E-state index contributed by atoms with van der Waals surface area (Å²) >= 11 is 0. The average Bonchev–Trinajstić information content (AvgIpc) is 3.20. The van der Waals surface area contributed by atoms with E-state index in [2.05, 4.69) is 46.5 Å². The quantitative estimate of drug-likeness (QED) is 0.671. The standard InChI is InChI=1S/C17H25N5O/c1-13-9-20-22(12-13)8-7-18-10-15-11-19-21-17(15)14-3-5-16(23-2)6-4-14/h3-6,9,12,15,17-19,21H,7-8,10-11H2,1-2H3. The predicted octanol–water partition coefficient (Wildman–Crippen LogP) is 1.26. The van der Waals surface area contributed by atoms with Crippen LogP contribution >= 0.6 is 0 Å². The summed E-state index contributed by atoms with van der Waals surface area (Å²) in [6, 6.07) is 8.60. The van der Waals surface area contributed by atoms with Crippen LogP contribution < -0.4 is 20.9 Å². The van der Waals surface area contributed by atoms with Gasteiger partial charge in [-0.1, -0.05) is 12.1 Å². The Morgan fingerprint density at radius 3 is 2.87 bits per heavy atom. The Bertz CT molecular complexity index is 610. The van der Waals surface area contributed by atoms with Crippen molar-refractivity contribution in [3.05, 3.63) is 47.8 Å². The van der Waals surface area contributed by atoms with Crippen LogP contribution in [-0.4, -0.2) is 36.5 Å². The monoisotopic (exact) mass is 315 g/mol. The zero-order valence-electron chi connectivity index (χ0n) is 13.7. The van der Waals surface area contributed by atoms with Gasteiger partial charge < -0.3 is 10.1 Å². The molecule has 0 amide bonds. The summed E-state index contributed by atoms with van der Waals surface area (Å²) in [5.74, 6) is 1.41. The molecule has 3 N–H and O–H groups in total. The van der Waals surface area contributed by atoms with Crippen molar-refractivity contribution < 1.29 is 4.74 Å². The summed E-state index contributed by atoms with van der Waals surface area (Å²) < 4.78 is 7.21. The van der Waals surface area contributed by atoms with Gasteiger partial charge in [-0.2, -0.15) is 5.10 Å². The van der Waals surface area contributed by atoms with Crippen LogP contribution in [0.4, 0.5) is 0 Å². The molecule has 1 aliphatic heterocycles. The highest BCUT2D eigenvalue weighted by Gasteiger charge is 2.27. The van der Waals surface area contributed by atoms with Crippen LogP contribution in [0.25, 0.3) is 0 Å². The second-order valence-electron chi connectivity index (χ2n) is 6.02. The van der Waals surface area contributed by atoms with Crippen LogP contribution in [-0.2, 0) is 6.54 Å².